The molecule has 0 aliphatic rings. The van der Waals surface area contributed by atoms with Crippen LogP contribution in [0.1, 0.15) is 38.9 Å². The Bertz CT molecular complexity index is 362. The van der Waals surface area contributed by atoms with Crippen molar-refractivity contribution in [3.63, 3.8) is 0 Å². The van der Waals surface area contributed by atoms with E-state index in [-0.39, 0.29) is 18.2 Å². The highest BCUT2D eigenvalue weighted by Crippen LogP contribution is 2.20. The van der Waals surface area contributed by atoms with Gasteiger partial charge in [0.1, 0.15) is 11.6 Å². The van der Waals surface area contributed by atoms with Crippen molar-refractivity contribution < 1.29 is 13.9 Å². The van der Waals surface area contributed by atoms with E-state index in [2.05, 4.69) is 19.2 Å². The minimum absolute atomic E-state index is 0.147. The first-order chi connectivity index (χ1) is 8.47. The zero-order chi connectivity index (χ0) is 13.7. The predicted octanol–water partition coefficient (Wildman–Crippen LogP) is 3.02. The molecule has 2 N–H and O–H groups in total. The van der Waals surface area contributed by atoms with Crippen LogP contribution in [0.4, 0.5) is 8.78 Å². The van der Waals surface area contributed by atoms with Crippen molar-refractivity contribution in [3.05, 3.63) is 35.4 Å². The molecular formula is C14H21F2NO. The van der Waals surface area contributed by atoms with Crippen LogP contribution in [0.15, 0.2) is 18.2 Å². The molecule has 2 nitrogen and oxygen atoms in total. The van der Waals surface area contributed by atoms with Gasteiger partial charge in [0, 0.05) is 12.6 Å². The Kier molecular flexibility index (Phi) is 5.69. The summed E-state index contributed by atoms with van der Waals surface area (Å²) >= 11 is 0. The standard InChI is InChI=1S/C14H21F2NO/c1-4-12(9(2)3)17-8-13(18)14-10(15)6-5-7-11(14)16/h5-7,9,12-13,17-18H,4,8H2,1-3H3. The van der Waals surface area contributed by atoms with E-state index in [9.17, 15) is 13.9 Å². The van der Waals surface area contributed by atoms with E-state index in [0.717, 1.165) is 18.6 Å². The third kappa shape index (κ3) is 3.75. The van der Waals surface area contributed by atoms with E-state index in [1.807, 2.05) is 6.92 Å². The van der Waals surface area contributed by atoms with Crippen LogP contribution in [-0.2, 0) is 0 Å². The van der Waals surface area contributed by atoms with Gasteiger partial charge in [-0.3, -0.25) is 0 Å². The molecule has 1 aromatic carbocycles. The molecule has 4 heteroatoms. The molecule has 102 valence electrons. The molecule has 1 aromatic rings. The Balaban J connectivity index is 2.68. The zero-order valence-corrected chi connectivity index (χ0v) is 11.1. The molecule has 0 aliphatic heterocycles. The molecule has 0 aromatic heterocycles. The molecule has 18 heavy (non-hydrogen) atoms. The minimum atomic E-state index is -1.17. The molecule has 0 saturated carbocycles. The number of aliphatic hydroxyl groups excluding tert-OH is 1. The highest BCUT2D eigenvalue weighted by atomic mass is 19.1. The fourth-order valence-corrected chi connectivity index (χ4v) is 2.05. The van der Waals surface area contributed by atoms with Gasteiger partial charge in [0.15, 0.2) is 0 Å². The summed E-state index contributed by atoms with van der Waals surface area (Å²) in [7, 11) is 0. The predicted molar refractivity (Wildman–Crippen MR) is 68.2 cm³/mol. The van der Waals surface area contributed by atoms with Crippen LogP contribution in [0.25, 0.3) is 0 Å². The summed E-state index contributed by atoms with van der Waals surface area (Å²) in [5.41, 5.74) is -0.261. The molecule has 0 amide bonds. The molecule has 0 radical (unpaired) electrons. The molecule has 2 atom stereocenters. The van der Waals surface area contributed by atoms with Gasteiger partial charge in [-0.25, -0.2) is 8.78 Å². The molecule has 0 spiro atoms. The normalized spacial score (nSPS) is 14.8. The summed E-state index contributed by atoms with van der Waals surface area (Å²) in [6.45, 7) is 6.32. The van der Waals surface area contributed by atoms with E-state index in [0.29, 0.717) is 5.92 Å². The lowest BCUT2D eigenvalue weighted by Crippen LogP contribution is -2.36. The number of halogens is 2. The third-order valence-corrected chi connectivity index (χ3v) is 3.15. The number of aliphatic hydroxyl groups is 1. The molecule has 0 aliphatic carbocycles. The van der Waals surface area contributed by atoms with Crippen molar-refractivity contribution in [1.29, 1.82) is 0 Å². The van der Waals surface area contributed by atoms with E-state index in [4.69, 9.17) is 0 Å². The Morgan fingerprint density at radius 1 is 1.22 bits per heavy atom. The second-order valence-corrected chi connectivity index (χ2v) is 4.82. The first kappa shape index (κ1) is 15.1. The van der Waals surface area contributed by atoms with Gasteiger partial charge in [-0.15, -0.1) is 0 Å². The lowest BCUT2D eigenvalue weighted by molar-refractivity contribution is 0.156. The Morgan fingerprint density at radius 3 is 2.22 bits per heavy atom. The maximum atomic E-state index is 13.4. The minimum Gasteiger partial charge on any atom is -0.387 e. The summed E-state index contributed by atoms with van der Waals surface area (Å²) in [6.07, 6.45) is -0.261. The third-order valence-electron chi connectivity index (χ3n) is 3.15. The van der Waals surface area contributed by atoms with Crippen LogP contribution in [0, 0.1) is 17.6 Å². The van der Waals surface area contributed by atoms with E-state index in [1.165, 1.54) is 6.07 Å². The van der Waals surface area contributed by atoms with Crippen LogP contribution in [0.2, 0.25) is 0 Å². The maximum Gasteiger partial charge on any atom is 0.131 e. The summed E-state index contributed by atoms with van der Waals surface area (Å²) in [5, 5.41) is 13.0. The molecule has 0 fully saturated rings. The lowest BCUT2D eigenvalue weighted by atomic mass is 10.0. The van der Waals surface area contributed by atoms with Crippen molar-refractivity contribution in [1.82, 2.24) is 5.32 Å². The Morgan fingerprint density at radius 2 is 1.78 bits per heavy atom. The molecule has 2 unspecified atom stereocenters. The SMILES string of the molecule is CCC(NCC(O)c1c(F)cccc1F)C(C)C. The Hall–Kier alpha value is -1.00. The van der Waals surface area contributed by atoms with Crippen molar-refractivity contribution in [3.8, 4) is 0 Å². The van der Waals surface area contributed by atoms with E-state index in [1.54, 1.807) is 0 Å². The average molecular weight is 257 g/mol. The van der Waals surface area contributed by atoms with Crippen LogP contribution < -0.4 is 5.32 Å². The van der Waals surface area contributed by atoms with E-state index < -0.39 is 17.7 Å². The number of rotatable bonds is 6. The summed E-state index contributed by atoms with van der Waals surface area (Å²) < 4.78 is 26.9. The summed E-state index contributed by atoms with van der Waals surface area (Å²) in [4.78, 5) is 0. The number of benzene rings is 1. The van der Waals surface area contributed by atoms with Crippen molar-refractivity contribution in [2.24, 2.45) is 5.92 Å². The highest BCUT2D eigenvalue weighted by molar-refractivity contribution is 5.22. The summed E-state index contributed by atoms with van der Waals surface area (Å²) in [6, 6.07) is 3.83. The molecule has 0 heterocycles. The van der Waals surface area contributed by atoms with Crippen LogP contribution in [0.5, 0.6) is 0 Å². The monoisotopic (exact) mass is 257 g/mol. The topological polar surface area (TPSA) is 32.3 Å². The Labute approximate surface area is 107 Å². The van der Waals surface area contributed by atoms with Gasteiger partial charge in [-0.2, -0.15) is 0 Å². The van der Waals surface area contributed by atoms with Crippen LogP contribution >= 0.6 is 0 Å². The van der Waals surface area contributed by atoms with Gasteiger partial charge in [0.05, 0.1) is 11.7 Å². The average Bonchev–Trinajstić information content (AvgIpc) is 2.29. The first-order valence-electron chi connectivity index (χ1n) is 6.32. The quantitative estimate of drug-likeness (QED) is 0.821. The second kappa shape index (κ2) is 6.81. The number of hydrogen-bond donors (Lipinski definition) is 2. The van der Waals surface area contributed by atoms with Crippen molar-refractivity contribution in [2.45, 2.75) is 39.3 Å². The van der Waals surface area contributed by atoms with Crippen molar-refractivity contribution in [2.75, 3.05) is 6.54 Å². The molecule has 1 rings (SSSR count). The molecular weight excluding hydrogens is 236 g/mol. The van der Waals surface area contributed by atoms with Gasteiger partial charge >= 0.3 is 0 Å². The first-order valence-corrected chi connectivity index (χ1v) is 6.32. The van der Waals surface area contributed by atoms with Gasteiger partial charge in [-0.1, -0.05) is 26.8 Å². The second-order valence-electron chi connectivity index (χ2n) is 4.82. The summed E-state index contributed by atoms with van der Waals surface area (Å²) in [5.74, 6) is -1.00. The number of nitrogens with one attached hydrogen (secondary N) is 1. The zero-order valence-electron chi connectivity index (χ0n) is 11.1. The molecule has 0 bridgehead atoms. The lowest BCUT2D eigenvalue weighted by Gasteiger charge is -2.23. The van der Waals surface area contributed by atoms with Gasteiger partial charge in [0.25, 0.3) is 0 Å². The molecule has 0 saturated heterocycles. The van der Waals surface area contributed by atoms with Gasteiger partial charge in [-0.05, 0) is 24.5 Å². The maximum absolute atomic E-state index is 13.4. The van der Waals surface area contributed by atoms with Crippen molar-refractivity contribution >= 4 is 0 Å². The fraction of sp³-hybridized carbons (Fsp3) is 0.571. The van der Waals surface area contributed by atoms with Gasteiger partial charge < -0.3 is 10.4 Å². The van der Waals surface area contributed by atoms with Crippen LogP contribution in [-0.4, -0.2) is 17.7 Å². The fourth-order valence-electron chi connectivity index (χ4n) is 2.05. The smallest absolute Gasteiger partial charge is 0.131 e. The van der Waals surface area contributed by atoms with E-state index >= 15 is 0 Å². The van der Waals surface area contributed by atoms with Crippen LogP contribution in [0.3, 0.4) is 0 Å². The van der Waals surface area contributed by atoms with Gasteiger partial charge in [0.2, 0.25) is 0 Å². The number of hydrogen-bond acceptors (Lipinski definition) is 2. The highest BCUT2D eigenvalue weighted by Gasteiger charge is 2.19. The largest absolute Gasteiger partial charge is 0.387 e.